The quantitative estimate of drug-likeness (QED) is 0.684. The van der Waals surface area contributed by atoms with Crippen LogP contribution in [0.1, 0.15) is 39.0 Å². The Kier molecular flexibility index (Phi) is 6.60. The van der Waals surface area contributed by atoms with Gasteiger partial charge < -0.3 is 10.4 Å². The Morgan fingerprint density at radius 2 is 1.88 bits per heavy atom. The van der Waals surface area contributed by atoms with Gasteiger partial charge in [0, 0.05) is 6.42 Å². The molecule has 100 valence electrons. The second-order valence-electron chi connectivity index (χ2n) is 3.73. The number of carbonyl (C=O) groups excluding carboxylic acids is 1. The molecule has 0 aliphatic carbocycles. The van der Waals surface area contributed by atoms with Crippen LogP contribution in [-0.2, 0) is 9.59 Å². The Morgan fingerprint density at radius 1 is 1.29 bits per heavy atom. The van der Waals surface area contributed by atoms with E-state index in [1.807, 2.05) is 12.2 Å². The average Bonchev–Trinajstić information content (AvgIpc) is 2.15. The third kappa shape index (κ3) is 8.53. The van der Waals surface area contributed by atoms with Crippen LogP contribution in [0.2, 0.25) is 0 Å². The largest absolute Gasteiger partial charge is 0.480 e. The Labute approximate surface area is 97.2 Å². The molecule has 0 aromatic carbocycles. The summed E-state index contributed by atoms with van der Waals surface area (Å²) in [5.74, 6) is -2.33. The Hall–Kier alpha value is -1.27. The van der Waals surface area contributed by atoms with Crippen LogP contribution in [0.4, 0.5) is 13.2 Å². The van der Waals surface area contributed by atoms with Gasteiger partial charge in [0.1, 0.15) is 6.04 Å². The van der Waals surface area contributed by atoms with E-state index in [1.165, 1.54) is 0 Å². The van der Waals surface area contributed by atoms with E-state index in [4.69, 9.17) is 5.11 Å². The van der Waals surface area contributed by atoms with Gasteiger partial charge >= 0.3 is 12.1 Å². The van der Waals surface area contributed by atoms with Gasteiger partial charge in [-0.3, -0.25) is 4.79 Å². The number of nitrogens with one attached hydrogen (secondary N) is 1. The fraction of sp³-hybridized carbons (Fsp3) is 0.800. The molecule has 0 aliphatic rings. The summed E-state index contributed by atoms with van der Waals surface area (Å²) in [7, 11) is 0. The monoisotopic (exact) mass is 255 g/mol. The number of unbranched alkanes of at least 4 members (excludes halogenated alkanes) is 2. The maximum atomic E-state index is 12.0. The summed E-state index contributed by atoms with van der Waals surface area (Å²) >= 11 is 0. The van der Waals surface area contributed by atoms with E-state index in [9.17, 15) is 22.8 Å². The van der Waals surface area contributed by atoms with Crippen LogP contribution in [0, 0.1) is 0 Å². The van der Waals surface area contributed by atoms with Crippen molar-refractivity contribution < 1.29 is 27.9 Å². The highest BCUT2D eigenvalue weighted by atomic mass is 19.4. The maximum Gasteiger partial charge on any atom is 0.391 e. The second-order valence-corrected chi connectivity index (χ2v) is 3.73. The smallest absolute Gasteiger partial charge is 0.391 e. The number of carboxylic acids is 1. The van der Waals surface area contributed by atoms with E-state index in [1.54, 1.807) is 0 Å². The van der Waals surface area contributed by atoms with Gasteiger partial charge in [-0.05, 0) is 6.42 Å². The van der Waals surface area contributed by atoms with Gasteiger partial charge in [0.25, 0.3) is 0 Å². The lowest BCUT2D eigenvalue weighted by Crippen LogP contribution is -2.43. The maximum absolute atomic E-state index is 12.0. The van der Waals surface area contributed by atoms with E-state index in [0.29, 0.717) is 6.42 Å². The highest BCUT2D eigenvalue weighted by molar-refractivity contribution is 5.83. The first-order valence-electron chi connectivity index (χ1n) is 5.35. The molecule has 0 bridgehead atoms. The zero-order valence-electron chi connectivity index (χ0n) is 9.51. The number of carbonyl (C=O) groups is 2. The predicted molar refractivity (Wildman–Crippen MR) is 54.4 cm³/mol. The van der Waals surface area contributed by atoms with Crippen molar-refractivity contribution in [3.8, 4) is 0 Å². The molecular weight excluding hydrogens is 239 g/mol. The van der Waals surface area contributed by atoms with Crippen LogP contribution >= 0.6 is 0 Å². The van der Waals surface area contributed by atoms with Gasteiger partial charge in [0.2, 0.25) is 5.91 Å². The van der Waals surface area contributed by atoms with E-state index >= 15 is 0 Å². The minimum Gasteiger partial charge on any atom is -0.480 e. The lowest BCUT2D eigenvalue weighted by molar-refractivity contribution is -0.160. The molecule has 1 unspecified atom stereocenters. The van der Waals surface area contributed by atoms with Gasteiger partial charge in [-0.1, -0.05) is 19.8 Å². The number of hydrogen-bond acceptors (Lipinski definition) is 2. The number of carboxylic acid groups (broad SMARTS) is 1. The Morgan fingerprint density at radius 3 is 2.29 bits per heavy atom. The highest BCUT2D eigenvalue weighted by Gasteiger charge is 2.36. The lowest BCUT2D eigenvalue weighted by Gasteiger charge is -2.16. The summed E-state index contributed by atoms with van der Waals surface area (Å²) in [6.45, 7) is 1.92. The van der Waals surface area contributed by atoms with Crippen molar-refractivity contribution >= 4 is 11.9 Å². The number of rotatable bonds is 7. The van der Waals surface area contributed by atoms with Crippen molar-refractivity contribution in [1.82, 2.24) is 5.32 Å². The Balaban J connectivity index is 4.17. The van der Waals surface area contributed by atoms with Crippen molar-refractivity contribution in [2.24, 2.45) is 0 Å². The molecule has 0 aromatic heterocycles. The van der Waals surface area contributed by atoms with Gasteiger partial charge in [-0.25, -0.2) is 4.79 Å². The number of halogens is 3. The molecular formula is C10H16F3NO3. The molecule has 0 aromatic rings. The molecule has 7 heteroatoms. The SMILES string of the molecule is CCCCCC(=O)NC(CC(F)(F)F)C(=O)O. The van der Waals surface area contributed by atoms with Gasteiger partial charge in [-0.2, -0.15) is 13.2 Å². The van der Waals surface area contributed by atoms with Gasteiger partial charge in [0.05, 0.1) is 6.42 Å². The van der Waals surface area contributed by atoms with Crippen LogP contribution < -0.4 is 5.32 Å². The second kappa shape index (κ2) is 7.13. The van der Waals surface area contributed by atoms with Gasteiger partial charge in [-0.15, -0.1) is 0 Å². The van der Waals surface area contributed by atoms with E-state index < -0.39 is 30.5 Å². The molecule has 1 atom stereocenters. The van der Waals surface area contributed by atoms with Crippen molar-refractivity contribution in [2.45, 2.75) is 51.2 Å². The number of amides is 1. The minimum atomic E-state index is -4.61. The summed E-state index contributed by atoms with van der Waals surface area (Å²) < 4.78 is 36.0. The molecule has 0 heterocycles. The summed E-state index contributed by atoms with van der Waals surface area (Å²) in [4.78, 5) is 21.7. The lowest BCUT2D eigenvalue weighted by atomic mass is 10.1. The molecule has 4 nitrogen and oxygen atoms in total. The van der Waals surface area contributed by atoms with Crippen LogP contribution in [-0.4, -0.2) is 29.2 Å². The Bertz CT molecular complexity index is 266. The normalized spacial score (nSPS) is 13.2. The molecule has 0 fully saturated rings. The first kappa shape index (κ1) is 15.7. The fourth-order valence-corrected chi connectivity index (χ4v) is 1.23. The van der Waals surface area contributed by atoms with E-state index in [2.05, 4.69) is 0 Å². The zero-order valence-corrected chi connectivity index (χ0v) is 9.51. The van der Waals surface area contributed by atoms with Crippen molar-refractivity contribution in [3.05, 3.63) is 0 Å². The number of aliphatic carboxylic acids is 1. The van der Waals surface area contributed by atoms with Crippen LogP contribution in [0.3, 0.4) is 0 Å². The number of hydrogen-bond donors (Lipinski definition) is 2. The zero-order chi connectivity index (χ0) is 13.5. The van der Waals surface area contributed by atoms with E-state index in [0.717, 1.165) is 12.8 Å². The topological polar surface area (TPSA) is 66.4 Å². The fourth-order valence-electron chi connectivity index (χ4n) is 1.23. The van der Waals surface area contributed by atoms with Crippen molar-refractivity contribution in [1.29, 1.82) is 0 Å². The summed E-state index contributed by atoms with van der Waals surface area (Å²) in [6.07, 6.45) is -3.92. The van der Waals surface area contributed by atoms with Crippen molar-refractivity contribution in [2.75, 3.05) is 0 Å². The average molecular weight is 255 g/mol. The third-order valence-electron chi connectivity index (χ3n) is 2.08. The molecule has 17 heavy (non-hydrogen) atoms. The standard InChI is InChI=1S/C10H16F3NO3/c1-2-3-4-5-8(15)14-7(9(16)17)6-10(11,12)13/h7H,2-6H2,1H3,(H,14,15)(H,16,17). The van der Waals surface area contributed by atoms with Gasteiger partial charge in [0.15, 0.2) is 0 Å². The summed E-state index contributed by atoms with van der Waals surface area (Å²) in [6, 6.07) is -1.90. The number of alkyl halides is 3. The molecule has 2 N–H and O–H groups in total. The molecule has 0 aliphatic heterocycles. The summed E-state index contributed by atoms with van der Waals surface area (Å²) in [5, 5.41) is 10.4. The van der Waals surface area contributed by atoms with Crippen molar-refractivity contribution in [3.63, 3.8) is 0 Å². The first-order chi connectivity index (χ1) is 7.76. The van der Waals surface area contributed by atoms with Crippen LogP contribution in [0.5, 0.6) is 0 Å². The first-order valence-corrected chi connectivity index (χ1v) is 5.35. The molecule has 0 saturated heterocycles. The molecule has 0 saturated carbocycles. The van der Waals surface area contributed by atoms with E-state index in [-0.39, 0.29) is 6.42 Å². The molecule has 1 amide bonds. The predicted octanol–water partition coefficient (Wildman–Crippen LogP) is 2.09. The third-order valence-corrected chi connectivity index (χ3v) is 2.08. The van der Waals surface area contributed by atoms with Crippen LogP contribution in [0.25, 0.3) is 0 Å². The highest BCUT2D eigenvalue weighted by Crippen LogP contribution is 2.21. The molecule has 0 rings (SSSR count). The molecule has 0 spiro atoms. The minimum absolute atomic E-state index is 0.0511. The summed E-state index contributed by atoms with van der Waals surface area (Å²) in [5.41, 5.74) is 0. The van der Waals surface area contributed by atoms with Crippen LogP contribution in [0.15, 0.2) is 0 Å². The molecule has 0 radical (unpaired) electrons.